The number of benzene rings is 1. The summed E-state index contributed by atoms with van der Waals surface area (Å²) in [5.74, 6) is 0. The summed E-state index contributed by atoms with van der Waals surface area (Å²) in [5, 5.41) is 2.77. The monoisotopic (exact) mass is 264 g/mol. The highest BCUT2D eigenvalue weighted by atomic mass is 19.3. The third kappa shape index (κ3) is 3.20. The highest BCUT2D eigenvalue weighted by Gasteiger charge is 2.10. The van der Waals surface area contributed by atoms with Crippen LogP contribution in [0.2, 0.25) is 0 Å². The predicted molar refractivity (Wildman–Crippen MR) is 73.0 cm³/mol. The van der Waals surface area contributed by atoms with Gasteiger partial charge in [-0.3, -0.25) is 0 Å². The number of rotatable bonds is 5. The van der Waals surface area contributed by atoms with Crippen LogP contribution in [0.3, 0.4) is 0 Å². The van der Waals surface area contributed by atoms with Gasteiger partial charge in [-0.2, -0.15) is 0 Å². The first-order valence-electron chi connectivity index (χ1n) is 6.31. The Bertz CT molecular complexity index is 533. The van der Waals surface area contributed by atoms with Crippen LogP contribution in [0.5, 0.6) is 0 Å². The minimum Gasteiger partial charge on any atom is -0.318 e. The second kappa shape index (κ2) is 5.97. The van der Waals surface area contributed by atoms with Crippen molar-refractivity contribution in [2.24, 2.45) is 0 Å². The van der Waals surface area contributed by atoms with Crippen LogP contribution in [-0.2, 0) is 6.54 Å². The van der Waals surface area contributed by atoms with E-state index in [-0.39, 0.29) is 6.54 Å². The molecule has 19 heavy (non-hydrogen) atoms. The van der Waals surface area contributed by atoms with Gasteiger partial charge >= 0.3 is 0 Å². The van der Waals surface area contributed by atoms with Crippen molar-refractivity contribution in [3.63, 3.8) is 0 Å². The van der Waals surface area contributed by atoms with Crippen molar-refractivity contribution in [1.82, 2.24) is 9.88 Å². The van der Waals surface area contributed by atoms with E-state index in [1.165, 1.54) is 0 Å². The lowest BCUT2D eigenvalue weighted by atomic mass is 10.2. The van der Waals surface area contributed by atoms with Crippen LogP contribution in [0, 0.1) is 13.8 Å². The van der Waals surface area contributed by atoms with Crippen LogP contribution >= 0.6 is 0 Å². The van der Waals surface area contributed by atoms with E-state index in [1.807, 2.05) is 50.2 Å². The first-order chi connectivity index (χ1) is 9.09. The van der Waals surface area contributed by atoms with Crippen LogP contribution in [-0.4, -0.2) is 17.5 Å². The summed E-state index contributed by atoms with van der Waals surface area (Å²) in [4.78, 5) is 0. The molecular formula is C15H18F2N2. The smallest absolute Gasteiger partial charge is 0.250 e. The zero-order valence-electron chi connectivity index (χ0n) is 11.2. The van der Waals surface area contributed by atoms with E-state index in [1.54, 1.807) is 0 Å². The SMILES string of the molecule is Cc1cc(CNCC(F)F)c(C)n1-c1ccccc1. The van der Waals surface area contributed by atoms with Gasteiger partial charge in [0.15, 0.2) is 0 Å². The molecule has 0 unspecified atom stereocenters. The lowest BCUT2D eigenvalue weighted by Crippen LogP contribution is -2.20. The molecule has 2 nitrogen and oxygen atoms in total. The summed E-state index contributed by atoms with van der Waals surface area (Å²) >= 11 is 0. The highest BCUT2D eigenvalue weighted by Crippen LogP contribution is 2.20. The largest absolute Gasteiger partial charge is 0.318 e. The second-order valence-corrected chi connectivity index (χ2v) is 4.59. The van der Waals surface area contributed by atoms with E-state index < -0.39 is 6.43 Å². The minimum atomic E-state index is -2.31. The van der Waals surface area contributed by atoms with E-state index in [9.17, 15) is 8.78 Å². The van der Waals surface area contributed by atoms with Crippen molar-refractivity contribution in [2.45, 2.75) is 26.8 Å². The highest BCUT2D eigenvalue weighted by molar-refractivity contribution is 5.40. The molecule has 0 spiro atoms. The van der Waals surface area contributed by atoms with Crippen molar-refractivity contribution in [3.8, 4) is 5.69 Å². The van der Waals surface area contributed by atoms with Gasteiger partial charge in [0.05, 0.1) is 6.54 Å². The average Bonchev–Trinajstić information content (AvgIpc) is 2.65. The number of nitrogens with zero attached hydrogens (tertiary/aromatic N) is 1. The number of nitrogens with one attached hydrogen (secondary N) is 1. The average molecular weight is 264 g/mol. The van der Waals surface area contributed by atoms with Gasteiger partial charge < -0.3 is 9.88 Å². The second-order valence-electron chi connectivity index (χ2n) is 4.59. The molecule has 1 aromatic heterocycles. The lowest BCUT2D eigenvalue weighted by Gasteiger charge is -2.10. The molecule has 2 rings (SSSR count). The maximum Gasteiger partial charge on any atom is 0.250 e. The van der Waals surface area contributed by atoms with Crippen molar-refractivity contribution < 1.29 is 8.78 Å². The van der Waals surface area contributed by atoms with E-state index in [4.69, 9.17) is 0 Å². The molecule has 0 saturated carbocycles. The number of halogens is 2. The Kier molecular flexibility index (Phi) is 4.32. The maximum absolute atomic E-state index is 12.1. The lowest BCUT2D eigenvalue weighted by molar-refractivity contribution is 0.145. The van der Waals surface area contributed by atoms with Gasteiger partial charge in [0.2, 0.25) is 0 Å². The fraction of sp³-hybridized carbons (Fsp3) is 0.333. The molecule has 0 bridgehead atoms. The van der Waals surface area contributed by atoms with Gasteiger partial charge in [-0.1, -0.05) is 18.2 Å². The number of para-hydroxylation sites is 1. The summed E-state index contributed by atoms with van der Waals surface area (Å²) in [6.45, 7) is 4.24. The van der Waals surface area contributed by atoms with Gasteiger partial charge in [0, 0.05) is 23.6 Å². The van der Waals surface area contributed by atoms with E-state index in [0.29, 0.717) is 6.54 Å². The molecule has 0 amide bonds. The molecule has 0 fully saturated rings. The third-order valence-electron chi connectivity index (χ3n) is 3.16. The first kappa shape index (κ1) is 13.7. The minimum absolute atomic E-state index is 0.269. The number of hydrogen-bond acceptors (Lipinski definition) is 1. The fourth-order valence-electron chi connectivity index (χ4n) is 2.30. The zero-order chi connectivity index (χ0) is 13.8. The fourth-order valence-corrected chi connectivity index (χ4v) is 2.30. The number of aryl methyl sites for hydroxylation is 1. The molecule has 1 N–H and O–H groups in total. The first-order valence-corrected chi connectivity index (χ1v) is 6.31. The Morgan fingerprint density at radius 3 is 2.47 bits per heavy atom. The summed E-state index contributed by atoms with van der Waals surface area (Å²) < 4.78 is 26.4. The summed E-state index contributed by atoms with van der Waals surface area (Å²) in [5.41, 5.74) is 4.35. The normalized spacial score (nSPS) is 11.2. The van der Waals surface area contributed by atoms with Crippen LogP contribution in [0.15, 0.2) is 36.4 Å². The van der Waals surface area contributed by atoms with Crippen molar-refractivity contribution in [2.75, 3.05) is 6.54 Å². The molecule has 0 radical (unpaired) electrons. The van der Waals surface area contributed by atoms with Crippen LogP contribution < -0.4 is 5.32 Å². The Hall–Kier alpha value is -1.68. The number of alkyl halides is 2. The van der Waals surface area contributed by atoms with Crippen LogP contribution in [0.25, 0.3) is 5.69 Å². The molecule has 4 heteroatoms. The molecule has 2 aromatic rings. The molecule has 0 aliphatic rings. The molecule has 0 aliphatic carbocycles. The molecule has 0 saturated heterocycles. The number of aromatic nitrogens is 1. The quantitative estimate of drug-likeness (QED) is 0.875. The Labute approximate surface area is 112 Å². The molecule has 0 aliphatic heterocycles. The maximum atomic E-state index is 12.1. The van der Waals surface area contributed by atoms with Crippen LogP contribution in [0.1, 0.15) is 17.0 Å². The Balaban J connectivity index is 2.20. The number of hydrogen-bond donors (Lipinski definition) is 1. The van der Waals surface area contributed by atoms with Crippen molar-refractivity contribution in [3.05, 3.63) is 53.3 Å². The standard InChI is InChI=1S/C15H18F2N2/c1-11-8-13(9-18-10-15(16)17)12(2)19(11)14-6-4-3-5-7-14/h3-8,15,18H,9-10H2,1-2H3. The van der Waals surface area contributed by atoms with Gasteiger partial charge in [0.1, 0.15) is 0 Å². The third-order valence-corrected chi connectivity index (χ3v) is 3.16. The Morgan fingerprint density at radius 1 is 1.16 bits per heavy atom. The molecule has 1 aromatic carbocycles. The van der Waals surface area contributed by atoms with Gasteiger partial charge in [-0.15, -0.1) is 0 Å². The summed E-state index contributed by atoms with van der Waals surface area (Å²) in [6.07, 6.45) is -2.31. The van der Waals surface area contributed by atoms with E-state index in [2.05, 4.69) is 9.88 Å². The zero-order valence-corrected chi connectivity index (χ0v) is 11.2. The summed E-state index contributed by atoms with van der Waals surface area (Å²) in [6, 6.07) is 12.1. The van der Waals surface area contributed by atoms with E-state index in [0.717, 1.165) is 22.6 Å². The van der Waals surface area contributed by atoms with Gasteiger partial charge in [0.25, 0.3) is 6.43 Å². The molecule has 1 heterocycles. The molecule has 102 valence electrons. The van der Waals surface area contributed by atoms with Gasteiger partial charge in [-0.25, -0.2) is 8.78 Å². The van der Waals surface area contributed by atoms with Gasteiger partial charge in [-0.05, 0) is 37.6 Å². The van der Waals surface area contributed by atoms with Crippen molar-refractivity contribution >= 4 is 0 Å². The predicted octanol–water partition coefficient (Wildman–Crippen LogP) is 3.45. The summed E-state index contributed by atoms with van der Waals surface area (Å²) in [7, 11) is 0. The topological polar surface area (TPSA) is 17.0 Å². The molecule has 0 atom stereocenters. The Morgan fingerprint density at radius 2 is 1.84 bits per heavy atom. The van der Waals surface area contributed by atoms with Crippen molar-refractivity contribution in [1.29, 1.82) is 0 Å². The van der Waals surface area contributed by atoms with E-state index >= 15 is 0 Å². The molecular weight excluding hydrogens is 246 g/mol. The van der Waals surface area contributed by atoms with Crippen LogP contribution in [0.4, 0.5) is 8.78 Å².